The molecule has 0 aliphatic heterocycles. The minimum atomic E-state index is -0.395. The monoisotopic (exact) mass is 180 g/mol. The highest BCUT2D eigenvalue weighted by molar-refractivity contribution is 5.49. The molecular weight excluding hydrogens is 167 g/mol. The summed E-state index contributed by atoms with van der Waals surface area (Å²) in [4.78, 5) is 0. The van der Waals surface area contributed by atoms with Crippen LogP contribution in [0.25, 0.3) is 0 Å². The number of nitrogens with one attached hydrogen (secondary N) is 1. The Bertz CT molecular complexity index is 302. The maximum atomic E-state index is 12.6. The molecule has 0 atom stereocenters. The van der Waals surface area contributed by atoms with Gasteiger partial charge in [0.05, 0.1) is 11.6 Å². The fourth-order valence-electron chi connectivity index (χ4n) is 0.799. The molecule has 0 unspecified atom stereocenters. The van der Waals surface area contributed by atoms with Crippen LogP contribution in [0.3, 0.4) is 0 Å². The molecule has 0 aliphatic rings. The molecule has 0 bridgehead atoms. The lowest BCUT2D eigenvalue weighted by Gasteiger charge is -1.99. The Morgan fingerprint density at radius 3 is 2.38 bits per heavy atom. The molecule has 1 aromatic carbocycles. The van der Waals surface area contributed by atoms with Crippen molar-refractivity contribution in [1.29, 1.82) is 5.26 Å². The third-order valence-corrected chi connectivity index (χ3v) is 1.32. The molecule has 70 valence electrons. The Balaban J connectivity index is 0.000000671. The van der Waals surface area contributed by atoms with Crippen LogP contribution in [0.5, 0.6) is 0 Å². The number of anilines is 1. The first-order valence-electron chi connectivity index (χ1n) is 4.14. The summed E-state index contributed by atoms with van der Waals surface area (Å²) in [5, 5.41) is 11.2. The topological polar surface area (TPSA) is 35.8 Å². The van der Waals surface area contributed by atoms with Gasteiger partial charge in [-0.05, 0) is 18.2 Å². The van der Waals surface area contributed by atoms with Gasteiger partial charge in [-0.2, -0.15) is 5.26 Å². The van der Waals surface area contributed by atoms with Crippen LogP contribution in [0.2, 0.25) is 0 Å². The zero-order chi connectivity index (χ0) is 10.3. The molecule has 2 nitrogen and oxygen atoms in total. The number of halogens is 1. The lowest BCUT2D eigenvalue weighted by molar-refractivity contribution is 0.628. The third-order valence-electron chi connectivity index (χ3n) is 1.32. The highest BCUT2D eigenvalue weighted by atomic mass is 19.1. The van der Waals surface area contributed by atoms with Crippen molar-refractivity contribution >= 4 is 5.69 Å². The van der Waals surface area contributed by atoms with Crippen LogP contribution in [0.15, 0.2) is 18.2 Å². The second-order valence-electron chi connectivity index (χ2n) is 2.09. The van der Waals surface area contributed by atoms with Crippen molar-refractivity contribution in [2.75, 3.05) is 12.4 Å². The van der Waals surface area contributed by atoms with Gasteiger partial charge in [0, 0.05) is 12.7 Å². The Morgan fingerprint density at radius 2 is 1.92 bits per heavy atom. The van der Waals surface area contributed by atoms with Crippen molar-refractivity contribution in [3.8, 4) is 6.07 Å². The van der Waals surface area contributed by atoms with E-state index in [0.29, 0.717) is 11.3 Å². The number of rotatable bonds is 1. The van der Waals surface area contributed by atoms with Crippen molar-refractivity contribution in [1.82, 2.24) is 0 Å². The van der Waals surface area contributed by atoms with Gasteiger partial charge in [-0.15, -0.1) is 0 Å². The van der Waals surface area contributed by atoms with Gasteiger partial charge in [0.25, 0.3) is 0 Å². The Kier molecular flexibility index (Phi) is 5.29. The van der Waals surface area contributed by atoms with Crippen molar-refractivity contribution in [2.24, 2.45) is 0 Å². The van der Waals surface area contributed by atoms with E-state index in [9.17, 15) is 4.39 Å². The van der Waals surface area contributed by atoms with Crippen molar-refractivity contribution in [3.63, 3.8) is 0 Å². The van der Waals surface area contributed by atoms with Gasteiger partial charge in [-0.1, -0.05) is 13.8 Å². The van der Waals surface area contributed by atoms with Crippen LogP contribution in [0, 0.1) is 17.1 Å². The van der Waals surface area contributed by atoms with Gasteiger partial charge < -0.3 is 5.32 Å². The maximum absolute atomic E-state index is 12.6. The van der Waals surface area contributed by atoms with Crippen molar-refractivity contribution in [2.45, 2.75) is 13.8 Å². The largest absolute Gasteiger partial charge is 0.388 e. The van der Waals surface area contributed by atoms with E-state index in [1.165, 1.54) is 12.1 Å². The van der Waals surface area contributed by atoms with E-state index in [1.54, 1.807) is 13.1 Å². The summed E-state index contributed by atoms with van der Waals surface area (Å²) in [5.41, 5.74) is 0.941. The Hall–Kier alpha value is -1.56. The zero-order valence-corrected chi connectivity index (χ0v) is 8.06. The molecule has 0 amide bonds. The smallest absolute Gasteiger partial charge is 0.126 e. The average molecular weight is 180 g/mol. The number of benzene rings is 1. The summed E-state index contributed by atoms with van der Waals surface area (Å²) in [6.45, 7) is 4.00. The van der Waals surface area contributed by atoms with Gasteiger partial charge in [0.1, 0.15) is 5.82 Å². The van der Waals surface area contributed by atoms with Crippen LogP contribution < -0.4 is 5.32 Å². The van der Waals surface area contributed by atoms with Crippen LogP contribution in [0.1, 0.15) is 19.4 Å². The summed E-state index contributed by atoms with van der Waals surface area (Å²) >= 11 is 0. The summed E-state index contributed by atoms with van der Waals surface area (Å²) in [6, 6.07) is 5.98. The predicted octanol–water partition coefficient (Wildman–Crippen LogP) is 2.77. The highest BCUT2D eigenvalue weighted by Crippen LogP contribution is 2.11. The number of hydrogen-bond acceptors (Lipinski definition) is 2. The van der Waals surface area contributed by atoms with E-state index >= 15 is 0 Å². The fraction of sp³-hybridized carbons (Fsp3) is 0.300. The van der Waals surface area contributed by atoms with Gasteiger partial charge in [0.2, 0.25) is 0 Å². The summed E-state index contributed by atoms with van der Waals surface area (Å²) in [6.07, 6.45) is 0. The molecule has 0 aliphatic carbocycles. The molecule has 13 heavy (non-hydrogen) atoms. The average Bonchev–Trinajstić information content (AvgIpc) is 2.20. The van der Waals surface area contributed by atoms with Crippen LogP contribution in [-0.2, 0) is 0 Å². The van der Waals surface area contributed by atoms with E-state index in [2.05, 4.69) is 5.32 Å². The van der Waals surface area contributed by atoms with Crippen LogP contribution >= 0.6 is 0 Å². The number of nitriles is 1. The van der Waals surface area contributed by atoms with Gasteiger partial charge in [-0.3, -0.25) is 0 Å². The minimum Gasteiger partial charge on any atom is -0.388 e. The second-order valence-corrected chi connectivity index (χ2v) is 2.09. The molecule has 1 aromatic rings. The quantitative estimate of drug-likeness (QED) is 0.721. The van der Waals surface area contributed by atoms with Crippen LogP contribution in [0.4, 0.5) is 10.1 Å². The standard InChI is InChI=1S/C8H7FN2.C2H6/c1-11-8-3-6(5-10)2-7(9)4-8;1-2/h2-4,11H,1H3;1-2H3. The van der Waals surface area contributed by atoms with Crippen molar-refractivity contribution in [3.05, 3.63) is 29.6 Å². The molecule has 0 saturated carbocycles. The van der Waals surface area contributed by atoms with E-state index in [4.69, 9.17) is 5.26 Å². The molecule has 0 saturated heterocycles. The second kappa shape index (κ2) is 6.01. The van der Waals surface area contributed by atoms with E-state index in [0.717, 1.165) is 0 Å². The molecule has 0 fully saturated rings. The normalized spacial score (nSPS) is 7.92. The van der Waals surface area contributed by atoms with E-state index in [-0.39, 0.29) is 0 Å². The lowest BCUT2D eigenvalue weighted by atomic mass is 10.2. The SMILES string of the molecule is CC.CNc1cc(F)cc(C#N)c1. The Labute approximate surface area is 78.0 Å². The molecule has 0 radical (unpaired) electrons. The van der Waals surface area contributed by atoms with E-state index < -0.39 is 5.82 Å². The predicted molar refractivity (Wildman–Crippen MR) is 52.0 cm³/mol. The molecule has 0 heterocycles. The fourth-order valence-corrected chi connectivity index (χ4v) is 0.799. The molecule has 0 aromatic heterocycles. The van der Waals surface area contributed by atoms with E-state index in [1.807, 2.05) is 19.9 Å². The van der Waals surface area contributed by atoms with Crippen LogP contribution in [-0.4, -0.2) is 7.05 Å². The van der Waals surface area contributed by atoms with Gasteiger partial charge in [-0.25, -0.2) is 4.39 Å². The van der Waals surface area contributed by atoms with Crippen molar-refractivity contribution < 1.29 is 4.39 Å². The Morgan fingerprint density at radius 1 is 1.31 bits per heavy atom. The van der Waals surface area contributed by atoms with Gasteiger partial charge >= 0.3 is 0 Å². The first-order valence-corrected chi connectivity index (χ1v) is 4.14. The van der Waals surface area contributed by atoms with Gasteiger partial charge in [0.15, 0.2) is 0 Å². The summed E-state index contributed by atoms with van der Waals surface area (Å²) in [7, 11) is 1.68. The number of nitrogens with zero attached hydrogens (tertiary/aromatic N) is 1. The zero-order valence-electron chi connectivity index (χ0n) is 8.06. The number of hydrogen-bond donors (Lipinski definition) is 1. The minimum absolute atomic E-state index is 0.328. The first-order chi connectivity index (χ1) is 6.26. The summed E-state index contributed by atoms with van der Waals surface area (Å²) < 4.78 is 12.6. The molecular formula is C10H13FN2. The lowest BCUT2D eigenvalue weighted by Crippen LogP contribution is -1.89. The molecule has 1 N–H and O–H groups in total. The summed E-state index contributed by atoms with van der Waals surface area (Å²) in [5.74, 6) is -0.395. The maximum Gasteiger partial charge on any atom is 0.126 e. The third kappa shape index (κ3) is 3.57. The molecule has 3 heteroatoms. The highest BCUT2D eigenvalue weighted by Gasteiger charge is 1.97. The molecule has 0 spiro atoms. The first kappa shape index (κ1) is 11.4. The molecule has 1 rings (SSSR count).